The van der Waals surface area contributed by atoms with Crippen LogP contribution in [0.15, 0.2) is 33.5 Å². The van der Waals surface area contributed by atoms with Crippen molar-refractivity contribution in [3.05, 3.63) is 34.8 Å². The molecule has 2 atom stereocenters. The predicted molar refractivity (Wildman–Crippen MR) is 84.1 cm³/mol. The van der Waals surface area contributed by atoms with Gasteiger partial charge in [0.2, 0.25) is 0 Å². The number of nitrogens with zero attached hydrogens (tertiary/aromatic N) is 2. The molecule has 0 radical (unpaired) electrons. The Morgan fingerprint density at radius 3 is 3.00 bits per heavy atom. The van der Waals surface area contributed by atoms with Crippen LogP contribution in [0.4, 0.5) is 0 Å². The third-order valence-corrected chi connectivity index (χ3v) is 4.90. The first kappa shape index (κ1) is 14.0. The van der Waals surface area contributed by atoms with Gasteiger partial charge in [0, 0.05) is 19.7 Å². The molecule has 2 aromatic rings. The first-order chi connectivity index (χ1) is 10.8. The zero-order chi connectivity index (χ0) is 14.9. The smallest absolute Gasteiger partial charge is 0.408 e. The summed E-state index contributed by atoms with van der Waals surface area (Å²) in [7, 11) is 0. The zero-order valence-corrected chi connectivity index (χ0v) is 12.7. The van der Waals surface area contributed by atoms with Crippen molar-refractivity contribution >= 4 is 11.1 Å². The highest BCUT2D eigenvalue weighted by atomic mass is 16.5. The topological polar surface area (TPSA) is 47.6 Å². The van der Waals surface area contributed by atoms with Gasteiger partial charge < -0.3 is 14.1 Å². The van der Waals surface area contributed by atoms with E-state index in [1.807, 2.05) is 28.8 Å². The van der Waals surface area contributed by atoms with Gasteiger partial charge in [0.1, 0.15) is 0 Å². The number of likely N-dealkylation sites (tertiary alicyclic amines) is 1. The van der Waals surface area contributed by atoms with Gasteiger partial charge in [-0.25, -0.2) is 4.79 Å². The number of benzene rings is 1. The summed E-state index contributed by atoms with van der Waals surface area (Å²) in [6.45, 7) is 4.92. The van der Waals surface area contributed by atoms with Gasteiger partial charge in [-0.3, -0.25) is 4.57 Å². The maximum atomic E-state index is 12.2. The van der Waals surface area contributed by atoms with E-state index in [1.165, 1.54) is 0 Å². The largest absolute Gasteiger partial charge is 0.420 e. The minimum atomic E-state index is -0.225. The van der Waals surface area contributed by atoms with Gasteiger partial charge >= 0.3 is 5.76 Å². The van der Waals surface area contributed by atoms with Crippen LogP contribution < -0.4 is 5.76 Å². The third-order valence-electron chi connectivity index (χ3n) is 4.90. The van der Waals surface area contributed by atoms with Crippen LogP contribution in [0, 0.1) is 5.92 Å². The number of hydrogen-bond acceptors (Lipinski definition) is 4. The van der Waals surface area contributed by atoms with Gasteiger partial charge in [0.25, 0.3) is 0 Å². The number of rotatable bonds is 3. The Bertz CT molecular complexity index is 699. The molecule has 2 fully saturated rings. The number of aromatic nitrogens is 1. The second-order valence-corrected chi connectivity index (χ2v) is 6.49. The highest BCUT2D eigenvalue weighted by Gasteiger charge is 2.27. The van der Waals surface area contributed by atoms with Gasteiger partial charge in [-0.2, -0.15) is 0 Å². The summed E-state index contributed by atoms with van der Waals surface area (Å²) in [6, 6.07) is 7.92. The van der Waals surface area contributed by atoms with Crippen LogP contribution in [0.25, 0.3) is 11.1 Å². The van der Waals surface area contributed by atoms with Crippen molar-refractivity contribution in [2.45, 2.75) is 25.3 Å². The molecule has 0 bridgehead atoms. The predicted octanol–water partition coefficient (Wildman–Crippen LogP) is 2.27. The van der Waals surface area contributed by atoms with E-state index in [1.54, 1.807) is 0 Å². The maximum absolute atomic E-state index is 12.2. The summed E-state index contributed by atoms with van der Waals surface area (Å²) in [4.78, 5) is 14.7. The quantitative estimate of drug-likeness (QED) is 0.872. The molecular formula is C17H22N2O3. The molecule has 0 amide bonds. The Morgan fingerprint density at radius 2 is 2.14 bits per heavy atom. The lowest BCUT2D eigenvalue weighted by Gasteiger charge is -2.34. The third kappa shape index (κ3) is 2.59. The van der Waals surface area contributed by atoms with E-state index in [0.29, 0.717) is 11.5 Å². The van der Waals surface area contributed by atoms with Crippen LogP contribution in [-0.2, 0) is 4.74 Å². The van der Waals surface area contributed by atoms with Gasteiger partial charge in [-0.05, 0) is 43.9 Å². The van der Waals surface area contributed by atoms with Crippen LogP contribution in [0.2, 0.25) is 0 Å². The van der Waals surface area contributed by atoms with E-state index in [0.717, 1.165) is 57.6 Å². The Hall–Kier alpha value is -1.59. The van der Waals surface area contributed by atoms with E-state index in [4.69, 9.17) is 9.15 Å². The summed E-state index contributed by atoms with van der Waals surface area (Å²) < 4.78 is 12.7. The second kappa shape index (κ2) is 5.89. The summed E-state index contributed by atoms with van der Waals surface area (Å²) in [5.41, 5.74) is 1.61. The number of ether oxygens (including phenoxy) is 1. The molecule has 0 aliphatic carbocycles. The van der Waals surface area contributed by atoms with E-state index >= 15 is 0 Å². The monoisotopic (exact) mass is 302 g/mol. The van der Waals surface area contributed by atoms with Crippen LogP contribution >= 0.6 is 0 Å². The molecule has 5 nitrogen and oxygen atoms in total. The molecule has 2 aliphatic rings. The van der Waals surface area contributed by atoms with Crippen LogP contribution in [-0.4, -0.2) is 42.3 Å². The second-order valence-electron chi connectivity index (χ2n) is 6.49. The zero-order valence-electron chi connectivity index (χ0n) is 12.7. The molecule has 2 aliphatic heterocycles. The Morgan fingerprint density at radius 1 is 1.23 bits per heavy atom. The minimum Gasteiger partial charge on any atom is -0.408 e. The number of oxazole rings is 1. The van der Waals surface area contributed by atoms with Crippen molar-refractivity contribution in [1.29, 1.82) is 0 Å². The van der Waals surface area contributed by atoms with Crippen molar-refractivity contribution in [1.82, 2.24) is 9.47 Å². The number of fused-ring (bicyclic) bond motifs is 1. The molecule has 4 rings (SSSR count). The lowest BCUT2D eigenvalue weighted by molar-refractivity contribution is 0.135. The maximum Gasteiger partial charge on any atom is 0.420 e. The molecule has 1 aromatic heterocycles. The van der Waals surface area contributed by atoms with Gasteiger partial charge in [-0.1, -0.05) is 12.1 Å². The average molecular weight is 302 g/mol. The Balaban J connectivity index is 1.56. The minimum absolute atomic E-state index is 0.215. The Labute approximate surface area is 129 Å². The fourth-order valence-electron chi connectivity index (χ4n) is 3.83. The average Bonchev–Trinajstić information content (AvgIpc) is 3.14. The molecule has 1 aromatic carbocycles. The molecule has 0 unspecified atom stereocenters. The van der Waals surface area contributed by atoms with E-state index < -0.39 is 0 Å². The van der Waals surface area contributed by atoms with Crippen molar-refractivity contribution in [2.24, 2.45) is 5.92 Å². The SMILES string of the molecule is O=c1oc2ccccc2n1[C@H]1CCCN(C[C@H]2CCOC2)C1. The molecule has 22 heavy (non-hydrogen) atoms. The lowest BCUT2D eigenvalue weighted by atomic mass is 10.0. The van der Waals surface area contributed by atoms with Crippen LogP contribution in [0.1, 0.15) is 25.3 Å². The fraction of sp³-hybridized carbons (Fsp3) is 0.588. The molecule has 0 spiro atoms. The highest BCUT2D eigenvalue weighted by Crippen LogP contribution is 2.26. The fourth-order valence-corrected chi connectivity index (χ4v) is 3.83. The highest BCUT2D eigenvalue weighted by molar-refractivity contribution is 5.72. The first-order valence-electron chi connectivity index (χ1n) is 8.21. The first-order valence-corrected chi connectivity index (χ1v) is 8.21. The Kier molecular flexibility index (Phi) is 3.76. The summed E-state index contributed by atoms with van der Waals surface area (Å²) in [5.74, 6) is 0.425. The lowest BCUT2D eigenvalue weighted by Crippen LogP contribution is -2.41. The standard InChI is InChI=1S/C17H22N2O3/c20-17-19(15-5-1-2-6-16(15)22-17)14-4-3-8-18(11-14)10-13-7-9-21-12-13/h1-2,5-6,13-14H,3-4,7-12H2/t13-,14+/m1/s1. The number of hydrogen-bond donors (Lipinski definition) is 0. The van der Waals surface area contributed by atoms with Crippen molar-refractivity contribution in [3.8, 4) is 0 Å². The summed E-state index contributed by atoms with van der Waals surface area (Å²) >= 11 is 0. The van der Waals surface area contributed by atoms with Gasteiger partial charge in [-0.15, -0.1) is 0 Å². The van der Waals surface area contributed by atoms with Crippen LogP contribution in [0.3, 0.4) is 0 Å². The normalized spacial score (nSPS) is 26.7. The van der Waals surface area contributed by atoms with Crippen molar-refractivity contribution in [3.63, 3.8) is 0 Å². The van der Waals surface area contributed by atoms with Crippen molar-refractivity contribution < 1.29 is 9.15 Å². The van der Waals surface area contributed by atoms with E-state index in [2.05, 4.69) is 4.90 Å². The molecule has 118 valence electrons. The van der Waals surface area contributed by atoms with Crippen molar-refractivity contribution in [2.75, 3.05) is 32.8 Å². The molecule has 0 N–H and O–H groups in total. The van der Waals surface area contributed by atoms with E-state index in [9.17, 15) is 4.79 Å². The summed E-state index contributed by atoms with van der Waals surface area (Å²) in [6.07, 6.45) is 3.33. The molecule has 2 saturated heterocycles. The van der Waals surface area contributed by atoms with Gasteiger partial charge in [0.15, 0.2) is 5.58 Å². The molecule has 3 heterocycles. The van der Waals surface area contributed by atoms with Crippen LogP contribution in [0.5, 0.6) is 0 Å². The van der Waals surface area contributed by atoms with E-state index in [-0.39, 0.29) is 11.8 Å². The number of piperidine rings is 1. The molecule has 0 saturated carbocycles. The molecular weight excluding hydrogens is 280 g/mol. The summed E-state index contributed by atoms with van der Waals surface area (Å²) in [5, 5.41) is 0. The number of para-hydroxylation sites is 2. The van der Waals surface area contributed by atoms with Gasteiger partial charge in [0.05, 0.1) is 18.2 Å². The molecule has 5 heteroatoms.